The van der Waals surface area contributed by atoms with E-state index in [1.54, 1.807) is 89.5 Å². The number of hydrogen-bond donors (Lipinski definition) is 7. The topological polar surface area (TPSA) is 465 Å². The maximum Gasteiger partial charge on any atom is 0.473 e. The number of aromatic amines is 2. The molecule has 19 atom stereocenters. The zero-order chi connectivity index (χ0) is 87.3. The van der Waals surface area contributed by atoms with Crippen molar-refractivity contribution in [1.29, 1.82) is 0 Å². The summed E-state index contributed by atoms with van der Waals surface area (Å²) in [5.41, 5.74) is 5.94. The molecule has 4 fully saturated rings. The zero-order valence-corrected chi connectivity index (χ0v) is 75.3. The van der Waals surface area contributed by atoms with E-state index in [4.69, 9.17) is 93.0 Å². The third kappa shape index (κ3) is 30.4. The van der Waals surface area contributed by atoms with Crippen LogP contribution in [0.15, 0.2) is 65.7 Å². The van der Waals surface area contributed by atoms with E-state index in [2.05, 4.69) is 61.5 Å². The highest BCUT2D eigenvalue weighted by Crippen LogP contribution is 2.56. The van der Waals surface area contributed by atoms with Gasteiger partial charge in [-0.1, -0.05) is 83.1 Å². The number of H-pyrrole nitrogens is 2. The third-order valence-electron chi connectivity index (χ3n) is 17.1. The molecule has 40 heteroatoms. The fourth-order valence-corrected chi connectivity index (χ4v) is 17.9. The first kappa shape index (κ1) is 99.7. The summed E-state index contributed by atoms with van der Waals surface area (Å²) in [5.74, 6) is 0.285. The third-order valence-corrected chi connectivity index (χ3v) is 21.4. The number of aromatic nitrogens is 8. The summed E-state index contributed by atoms with van der Waals surface area (Å²) in [6.07, 6.45) is -3.21. The molecule has 0 bridgehead atoms. The lowest BCUT2D eigenvalue weighted by atomic mass is 9.87. The molecule has 0 aliphatic carbocycles. The largest absolute Gasteiger partial charge is 0.473 e. The number of anilines is 2. The minimum atomic E-state index is -4.46. The van der Waals surface area contributed by atoms with Crippen molar-refractivity contribution in [3.05, 3.63) is 111 Å². The number of nitrogen functional groups attached to an aromatic ring is 2. The highest BCUT2D eigenvalue weighted by Gasteiger charge is 2.56. The smallest absolute Gasteiger partial charge is 0.383 e. The van der Waals surface area contributed by atoms with E-state index in [0.29, 0.717) is 30.4 Å². The van der Waals surface area contributed by atoms with Crippen molar-refractivity contribution in [1.82, 2.24) is 38.2 Å². The van der Waals surface area contributed by atoms with Crippen molar-refractivity contribution in [2.45, 2.75) is 326 Å². The second-order valence-corrected chi connectivity index (χ2v) is 43.0. The van der Waals surface area contributed by atoms with Crippen LogP contribution in [0.25, 0.3) is 0 Å². The monoisotopic (exact) mass is 1700 g/mol. The molecule has 0 radical (unpaired) electrons. The van der Waals surface area contributed by atoms with Crippen LogP contribution in [0.1, 0.15) is 228 Å². The number of nitrogens with zero attached hydrogens (tertiary/aromatic N) is 6. The first-order chi connectivity index (χ1) is 51.6. The van der Waals surface area contributed by atoms with Crippen LogP contribution in [0.2, 0.25) is 0 Å². The van der Waals surface area contributed by atoms with Crippen LogP contribution in [-0.4, -0.2) is 177 Å². The molecule has 0 saturated carbocycles. The van der Waals surface area contributed by atoms with Gasteiger partial charge in [0.1, 0.15) is 60.5 Å². The molecule has 114 heavy (non-hydrogen) atoms. The number of phosphoric acid groups is 2. The van der Waals surface area contributed by atoms with E-state index in [9.17, 15) is 52.6 Å². The Bertz CT molecular complexity index is 4240. The van der Waals surface area contributed by atoms with E-state index in [0.717, 1.165) is 6.42 Å². The molecule has 8 heterocycles. The Kier molecular flexibility index (Phi) is 33.4. The van der Waals surface area contributed by atoms with Gasteiger partial charge >= 0.3 is 45.1 Å². The normalized spacial score (nSPS) is 27.4. The van der Waals surface area contributed by atoms with E-state index in [1.165, 1.54) is 70.3 Å². The molecule has 0 amide bonds. The lowest BCUT2D eigenvalue weighted by Gasteiger charge is -2.32. The molecule has 652 valence electrons. The molecule has 0 aromatic carbocycles. The van der Waals surface area contributed by atoms with Gasteiger partial charge in [-0.05, 0) is 156 Å². The number of hydrogen-bond acceptors (Lipinski definition) is 28. The van der Waals surface area contributed by atoms with Gasteiger partial charge in [0.25, 0.3) is 11.1 Å². The number of methoxy groups -OCH3 is 4. The van der Waals surface area contributed by atoms with Gasteiger partial charge in [0, 0.05) is 76.5 Å². The van der Waals surface area contributed by atoms with Crippen LogP contribution in [0.5, 0.6) is 0 Å². The number of rotatable bonds is 22. The Morgan fingerprint density at radius 2 is 0.684 bits per heavy atom. The van der Waals surface area contributed by atoms with E-state index >= 15 is 0 Å². The molecule has 36 nitrogen and oxygen atoms in total. The SMILES string of the molecule is CO[C@@H]1[C@H](OC(C)(C)C)[C@@H](CC(C)(C)C)O[C@H]1n1ccc(=O)[nH]c1=O.CO[C@@H]1[C@H](OP(=O)(O)OC(C)(C)C)[C@@H](CC(C)(C)C)O[C@H]1n1cc(C)c(N)nc1=O.CO[C@@H]1[C@H](OP(=O)(O)OC(C)(C)C)[C@@H](CC(C)(C)C)O[C@H]1n1ccc(=O)[nH]c1=O.CO[C@@H]1[C@H](OP(O)(=S)OC(C)(C)C)[C@@H](CC(C)(C)C)O[C@H]1n1cc(C)c(N)nc1=O. The van der Waals surface area contributed by atoms with Gasteiger partial charge in [-0.25, -0.2) is 28.3 Å². The predicted octanol–water partition coefficient (Wildman–Crippen LogP) is 9.94. The molecular weight excluding hydrogens is 1570 g/mol. The number of phosphoric ester groups is 2. The summed E-state index contributed by atoms with van der Waals surface area (Å²) < 4.78 is 117. The van der Waals surface area contributed by atoms with Gasteiger partial charge in [-0.15, -0.1) is 0 Å². The fourth-order valence-electron chi connectivity index (χ4n) is 13.1. The number of nitrogens with two attached hydrogens (primary N) is 2. The fraction of sp³-hybridized carbons (Fsp3) is 0.784. The van der Waals surface area contributed by atoms with E-state index in [1.807, 2.05) is 62.3 Å². The quantitative estimate of drug-likeness (QED) is 0.0360. The standard InChI is InChI=1S/C19H34N3O7P.C19H34N3O6PS.C18H31N2O8P.C18H30N2O5/c1-11-10-22(17(23)21-15(11)20)16-14(26-8)13(12(27-16)9-18(2,3)4)28-30(24,25)29-19(5,6)7;1-11-10-22(17(23)21-15(11)20)16-14(25-8)13(12(26-16)9-18(2,3)4)27-29(24,30)28-19(5,6)7;1-17(2,3)10-11-13(27-29(23,24)28-18(4,5)6)14(25-7)15(26-11)20-9-8-12(21)19-16(20)22;1-17(2,3)10-11-13(25-18(4,5)6)14(23-7)15(24-11)20-9-8-12(21)19-16(20)22/h10,12-14,16H,9H2,1-8H3,(H,24,25)(H2,20,21,23);10,12-14,16H,9H2,1-8H3,(H,24,30)(H2,20,21,23);8-9,11,13-15H,10H2,1-7H3,(H,23,24)(H,19,21,22);8-9,11,13-15H,10H2,1-7H3,(H,19,21,22)/t12-,13-,14-,16-;12-,13-,14-,16-,29?;2*11-,13-,14-,15-/m1111/s1. The summed E-state index contributed by atoms with van der Waals surface area (Å²) in [5, 5.41) is 0. The molecule has 4 saturated heterocycles. The highest BCUT2D eigenvalue weighted by atomic mass is 32.5. The van der Waals surface area contributed by atoms with Crippen molar-refractivity contribution in [3.63, 3.8) is 0 Å². The average molecular weight is 1700 g/mol. The molecule has 8 rings (SSSR count). The molecule has 9 N–H and O–H groups in total. The van der Waals surface area contributed by atoms with Gasteiger partial charge in [0.05, 0.1) is 46.8 Å². The van der Waals surface area contributed by atoms with Crippen molar-refractivity contribution in [3.8, 4) is 0 Å². The van der Waals surface area contributed by atoms with E-state index in [-0.39, 0.29) is 51.1 Å². The molecule has 3 unspecified atom stereocenters. The molecule has 4 aromatic rings. The number of ether oxygens (including phenoxy) is 9. The second-order valence-electron chi connectivity index (χ2n) is 37.6. The van der Waals surface area contributed by atoms with Crippen LogP contribution >= 0.6 is 22.4 Å². The maximum atomic E-state index is 12.7. The van der Waals surface area contributed by atoms with Crippen molar-refractivity contribution in [2.75, 3.05) is 39.9 Å². The van der Waals surface area contributed by atoms with Crippen LogP contribution < -0.4 is 45.3 Å². The van der Waals surface area contributed by atoms with Gasteiger partial charge in [-0.2, -0.15) is 9.97 Å². The Balaban J connectivity index is 0.000000272. The molecule has 4 aliphatic rings. The Hall–Kier alpha value is -4.89. The summed E-state index contributed by atoms with van der Waals surface area (Å²) in [6.45, 7) is 45.5. The van der Waals surface area contributed by atoms with Crippen LogP contribution in [0.4, 0.5) is 11.6 Å². The first-order valence-electron chi connectivity index (χ1n) is 37.5. The summed E-state index contributed by atoms with van der Waals surface area (Å²) in [4.78, 5) is 116. The highest BCUT2D eigenvalue weighted by molar-refractivity contribution is 8.07. The zero-order valence-electron chi connectivity index (χ0n) is 71.8. The molecule has 4 aromatic heterocycles. The summed E-state index contributed by atoms with van der Waals surface area (Å²) >= 11 is 5.26. The van der Waals surface area contributed by atoms with Crippen molar-refractivity contribution in [2.24, 2.45) is 21.7 Å². The number of nitrogens with one attached hydrogen (secondary N) is 2. The Labute approximate surface area is 673 Å². The Morgan fingerprint density at radius 3 is 0.939 bits per heavy atom. The predicted molar refractivity (Wildman–Crippen MR) is 431 cm³/mol. The van der Waals surface area contributed by atoms with Crippen LogP contribution in [0, 0.1) is 35.5 Å². The number of aryl methyl sites for hydroxylation is 2. The Morgan fingerprint density at radius 1 is 0.421 bits per heavy atom. The van der Waals surface area contributed by atoms with Crippen LogP contribution in [0.3, 0.4) is 0 Å². The van der Waals surface area contributed by atoms with Crippen molar-refractivity contribution < 1.29 is 93.6 Å². The first-order valence-corrected chi connectivity index (χ1v) is 43.1. The minimum absolute atomic E-state index is 0.0211. The summed E-state index contributed by atoms with van der Waals surface area (Å²) in [7, 11) is -3.02. The van der Waals surface area contributed by atoms with Crippen molar-refractivity contribution >= 4 is 45.8 Å². The summed E-state index contributed by atoms with van der Waals surface area (Å²) in [6, 6.07) is 2.48. The van der Waals surface area contributed by atoms with Crippen LogP contribution in [-0.2, 0) is 90.7 Å². The minimum Gasteiger partial charge on any atom is -0.383 e. The van der Waals surface area contributed by atoms with Gasteiger partial charge in [0.2, 0.25) is 0 Å². The van der Waals surface area contributed by atoms with E-state index < -0.39 is 159 Å². The average Bonchev–Trinajstić information content (AvgIpc) is 1.64. The molecular formula is C74H129N10O26P3S. The lowest BCUT2D eigenvalue weighted by Crippen LogP contribution is -2.43. The van der Waals surface area contributed by atoms with Gasteiger partial charge < -0.3 is 73.3 Å². The lowest BCUT2D eigenvalue weighted by molar-refractivity contribution is -0.124. The second kappa shape index (κ2) is 38.2. The van der Waals surface area contributed by atoms with Gasteiger partial charge in [-0.3, -0.25) is 60.4 Å². The molecule has 4 aliphatic heterocycles. The maximum absolute atomic E-state index is 12.7. The molecule has 0 spiro atoms. The van der Waals surface area contributed by atoms with Gasteiger partial charge in [0.15, 0.2) is 24.9 Å².